The van der Waals surface area contributed by atoms with Crippen LogP contribution in [0.2, 0.25) is 0 Å². The molecule has 0 bridgehead atoms. The van der Waals surface area contributed by atoms with Crippen molar-refractivity contribution in [1.82, 2.24) is 10.2 Å². The van der Waals surface area contributed by atoms with E-state index in [0.29, 0.717) is 5.69 Å². The number of nitrogens with one attached hydrogen (secondary N) is 2. The van der Waals surface area contributed by atoms with Crippen molar-refractivity contribution >= 4 is 40.6 Å². The van der Waals surface area contributed by atoms with Gasteiger partial charge in [0.1, 0.15) is 13.2 Å². The van der Waals surface area contributed by atoms with Crippen molar-refractivity contribution in [3.63, 3.8) is 0 Å². The van der Waals surface area contributed by atoms with Gasteiger partial charge in [-0.25, -0.2) is 4.79 Å². The maximum atomic E-state index is 12.0. The summed E-state index contributed by atoms with van der Waals surface area (Å²) < 4.78 is 5.03. The van der Waals surface area contributed by atoms with Gasteiger partial charge in [-0.3, -0.25) is 19.3 Å². The molecule has 8 nitrogen and oxygen atoms in total. The van der Waals surface area contributed by atoms with E-state index >= 15 is 0 Å². The largest absolute Gasteiger partial charge is 0.445 e. The van der Waals surface area contributed by atoms with Gasteiger partial charge < -0.3 is 15.4 Å². The lowest BCUT2D eigenvalue weighted by molar-refractivity contribution is -0.125. The molecule has 0 saturated carbocycles. The van der Waals surface area contributed by atoms with Gasteiger partial charge in [0.05, 0.1) is 12.3 Å². The number of anilines is 1. The van der Waals surface area contributed by atoms with E-state index < -0.39 is 12.0 Å². The summed E-state index contributed by atoms with van der Waals surface area (Å²) in [6.45, 7) is 0.0906. The fourth-order valence-electron chi connectivity index (χ4n) is 2.54. The lowest BCUT2D eigenvalue weighted by Crippen LogP contribution is -2.33. The van der Waals surface area contributed by atoms with Crippen molar-refractivity contribution in [2.45, 2.75) is 13.2 Å². The number of imide groups is 1. The SMILES string of the molecule is O=C(CNC(=O)OCc1ccccc1)Nc1ccc(CN2C(=O)CSC2=O)cc1. The standard InChI is InChI=1S/C20H19N3O5S/c24-17(10-21-19(26)28-12-15-4-2-1-3-5-15)22-16-8-6-14(7-9-16)11-23-18(25)13-29-20(23)27/h1-9H,10-13H2,(H,21,26)(H,22,24). The summed E-state index contributed by atoms with van der Waals surface area (Å²) in [6.07, 6.45) is -0.683. The van der Waals surface area contributed by atoms with Crippen LogP contribution in [0.25, 0.3) is 0 Å². The smallest absolute Gasteiger partial charge is 0.407 e. The number of carbonyl (C=O) groups is 4. The normalized spacial score (nSPS) is 13.3. The summed E-state index contributed by atoms with van der Waals surface area (Å²) in [4.78, 5) is 48.1. The summed E-state index contributed by atoms with van der Waals surface area (Å²) in [5, 5.41) is 4.78. The molecule has 1 aliphatic heterocycles. The molecule has 2 aromatic carbocycles. The van der Waals surface area contributed by atoms with E-state index in [0.717, 1.165) is 22.9 Å². The quantitative estimate of drug-likeness (QED) is 0.723. The second kappa shape index (κ2) is 9.74. The van der Waals surface area contributed by atoms with Crippen molar-refractivity contribution in [1.29, 1.82) is 0 Å². The van der Waals surface area contributed by atoms with Gasteiger partial charge in [0.15, 0.2) is 0 Å². The average molecular weight is 413 g/mol. The fourth-order valence-corrected chi connectivity index (χ4v) is 3.27. The van der Waals surface area contributed by atoms with Crippen LogP contribution in [0, 0.1) is 0 Å². The molecule has 0 radical (unpaired) electrons. The summed E-state index contributed by atoms with van der Waals surface area (Å²) in [6, 6.07) is 16.0. The Morgan fingerprint density at radius 3 is 2.38 bits per heavy atom. The number of hydrogen-bond acceptors (Lipinski definition) is 6. The molecule has 0 atom stereocenters. The first-order chi connectivity index (χ1) is 14.0. The van der Waals surface area contributed by atoms with Gasteiger partial charge in [0.25, 0.3) is 5.24 Å². The minimum atomic E-state index is -0.683. The Labute approximate surface area is 171 Å². The number of thioether (sulfide) groups is 1. The molecule has 1 fully saturated rings. The van der Waals surface area contributed by atoms with Crippen molar-refractivity contribution in [3.05, 3.63) is 65.7 Å². The number of ether oxygens (including phenoxy) is 1. The van der Waals surface area contributed by atoms with Crippen LogP contribution >= 0.6 is 11.8 Å². The first-order valence-electron chi connectivity index (χ1n) is 8.82. The number of benzene rings is 2. The van der Waals surface area contributed by atoms with E-state index in [-0.39, 0.29) is 36.6 Å². The highest BCUT2D eigenvalue weighted by Gasteiger charge is 2.29. The number of hydrogen-bond donors (Lipinski definition) is 2. The van der Waals surface area contributed by atoms with Gasteiger partial charge in [0.2, 0.25) is 11.8 Å². The number of alkyl carbamates (subject to hydrolysis) is 1. The van der Waals surface area contributed by atoms with Gasteiger partial charge >= 0.3 is 6.09 Å². The molecule has 0 aliphatic carbocycles. The van der Waals surface area contributed by atoms with Crippen LogP contribution in [0.5, 0.6) is 0 Å². The van der Waals surface area contributed by atoms with Gasteiger partial charge in [-0.2, -0.15) is 0 Å². The molecule has 0 aromatic heterocycles. The summed E-state index contributed by atoms with van der Waals surface area (Å²) >= 11 is 0.990. The lowest BCUT2D eigenvalue weighted by atomic mass is 10.2. The van der Waals surface area contributed by atoms with Crippen LogP contribution in [0.1, 0.15) is 11.1 Å². The number of nitrogens with zero attached hydrogens (tertiary/aromatic N) is 1. The minimum absolute atomic E-state index is 0.121. The summed E-state index contributed by atoms with van der Waals surface area (Å²) in [5.41, 5.74) is 2.16. The zero-order chi connectivity index (χ0) is 20.6. The predicted octanol–water partition coefficient (Wildman–Crippen LogP) is 2.75. The van der Waals surface area contributed by atoms with Crippen molar-refractivity contribution < 1.29 is 23.9 Å². The molecular formula is C20H19N3O5S. The number of amides is 4. The van der Waals surface area contributed by atoms with E-state index in [9.17, 15) is 19.2 Å². The van der Waals surface area contributed by atoms with E-state index in [4.69, 9.17) is 4.74 Å². The maximum absolute atomic E-state index is 12.0. The van der Waals surface area contributed by atoms with Crippen LogP contribution in [0.4, 0.5) is 15.3 Å². The fraction of sp³-hybridized carbons (Fsp3) is 0.200. The molecular weight excluding hydrogens is 394 g/mol. The molecule has 0 unspecified atom stereocenters. The van der Waals surface area contributed by atoms with Crippen molar-refractivity contribution in [2.24, 2.45) is 0 Å². The van der Waals surface area contributed by atoms with E-state index in [1.807, 2.05) is 30.3 Å². The minimum Gasteiger partial charge on any atom is -0.445 e. The Balaban J connectivity index is 1.40. The Kier molecular flexibility index (Phi) is 6.85. The molecule has 1 aliphatic rings. The summed E-state index contributed by atoms with van der Waals surface area (Å²) in [5.74, 6) is -0.438. The van der Waals surface area contributed by atoms with Crippen molar-refractivity contribution in [3.8, 4) is 0 Å². The molecule has 1 heterocycles. The monoisotopic (exact) mass is 413 g/mol. The highest BCUT2D eigenvalue weighted by atomic mass is 32.2. The molecule has 4 amide bonds. The molecule has 29 heavy (non-hydrogen) atoms. The van der Waals surface area contributed by atoms with Crippen LogP contribution in [0.3, 0.4) is 0 Å². The third-order valence-electron chi connectivity index (χ3n) is 4.02. The molecule has 0 spiro atoms. The molecule has 1 saturated heterocycles. The second-order valence-electron chi connectivity index (χ2n) is 6.19. The Morgan fingerprint density at radius 1 is 1.00 bits per heavy atom. The third-order valence-corrected chi connectivity index (χ3v) is 4.88. The first-order valence-corrected chi connectivity index (χ1v) is 9.80. The van der Waals surface area contributed by atoms with Crippen LogP contribution < -0.4 is 10.6 Å². The lowest BCUT2D eigenvalue weighted by Gasteiger charge is -2.13. The van der Waals surface area contributed by atoms with Gasteiger partial charge in [0, 0.05) is 5.69 Å². The highest BCUT2D eigenvalue weighted by Crippen LogP contribution is 2.21. The van der Waals surface area contributed by atoms with Gasteiger partial charge in [-0.1, -0.05) is 54.2 Å². The average Bonchev–Trinajstić information content (AvgIpc) is 3.05. The van der Waals surface area contributed by atoms with E-state index in [2.05, 4.69) is 10.6 Å². The maximum Gasteiger partial charge on any atom is 0.407 e. The number of carbonyl (C=O) groups excluding carboxylic acids is 4. The second-order valence-corrected chi connectivity index (χ2v) is 7.12. The van der Waals surface area contributed by atoms with Crippen LogP contribution in [-0.4, -0.2) is 40.3 Å². The van der Waals surface area contributed by atoms with Gasteiger partial charge in [-0.05, 0) is 23.3 Å². The van der Waals surface area contributed by atoms with E-state index in [1.54, 1.807) is 24.3 Å². The zero-order valence-electron chi connectivity index (χ0n) is 15.4. The predicted molar refractivity (Wildman–Crippen MR) is 108 cm³/mol. The molecule has 2 N–H and O–H groups in total. The Hall–Kier alpha value is -3.33. The third kappa shape index (κ3) is 6.08. The zero-order valence-corrected chi connectivity index (χ0v) is 16.2. The topological polar surface area (TPSA) is 105 Å². The molecule has 2 aromatic rings. The van der Waals surface area contributed by atoms with Crippen LogP contribution in [0.15, 0.2) is 54.6 Å². The van der Waals surface area contributed by atoms with E-state index in [1.165, 1.54) is 4.90 Å². The van der Waals surface area contributed by atoms with Crippen LogP contribution in [-0.2, 0) is 27.5 Å². The Morgan fingerprint density at radius 2 is 1.72 bits per heavy atom. The van der Waals surface area contributed by atoms with Gasteiger partial charge in [-0.15, -0.1) is 0 Å². The molecule has 150 valence electrons. The Bertz CT molecular complexity index is 886. The summed E-state index contributed by atoms with van der Waals surface area (Å²) in [7, 11) is 0. The molecule has 3 rings (SSSR count). The molecule has 9 heteroatoms. The highest BCUT2D eigenvalue weighted by molar-refractivity contribution is 8.14. The first kappa shape index (κ1) is 20.4. The number of rotatable bonds is 7. The van der Waals surface area contributed by atoms with Crippen molar-refractivity contribution in [2.75, 3.05) is 17.6 Å².